The molecule has 0 bridgehead atoms. The molecule has 6 heteroatoms. The Hall–Kier alpha value is -1.66. The number of methoxy groups -OCH3 is 1. The molecule has 2 rings (SSSR count). The van der Waals surface area contributed by atoms with E-state index in [1.165, 1.54) is 6.07 Å². The minimum absolute atomic E-state index is 0.118. The van der Waals surface area contributed by atoms with Crippen LogP contribution in [0.15, 0.2) is 18.2 Å². The summed E-state index contributed by atoms with van der Waals surface area (Å²) in [5.41, 5.74) is 1.02. The molecule has 1 aliphatic heterocycles. The maximum Gasteiger partial charge on any atom is 0.269 e. The quantitative estimate of drug-likeness (QED) is 0.588. The van der Waals surface area contributed by atoms with Crippen molar-refractivity contribution in [3.63, 3.8) is 0 Å². The number of rotatable bonds is 6. The van der Waals surface area contributed by atoms with E-state index >= 15 is 0 Å². The molecule has 20 heavy (non-hydrogen) atoms. The monoisotopic (exact) mass is 280 g/mol. The van der Waals surface area contributed by atoms with Gasteiger partial charge in [-0.1, -0.05) is 0 Å². The number of ether oxygens (including phenoxy) is 2. The van der Waals surface area contributed by atoms with Gasteiger partial charge in [0.25, 0.3) is 5.69 Å². The minimum Gasteiger partial charge on any atom is -0.496 e. The van der Waals surface area contributed by atoms with Crippen LogP contribution in [-0.4, -0.2) is 49.8 Å². The Morgan fingerprint density at radius 1 is 1.40 bits per heavy atom. The van der Waals surface area contributed by atoms with Crippen LogP contribution >= 0.6 is 0 Å². The Morgan fingerprint density at radius 3 is 2.80 bits per heavy atom. The number of hydrogen-bond acceptors (Lipinski definition) is 5. The zero-order valence-electron chi connectivity index (χ0n) is 11.7. The average Bonchev–Trinajstić information content (AvgIpc) is 2.48. The molecule has 0 aromatic heterocycles. The SMILES string of the molecule is COc1ccc([N+](=O)[O-])cc1CCCN1CCOCC1. The molecule has 0 saturated carbocycles. The van der Waals surface area contributed by atoms with Gasteiger partial charge >= 0.3 is 0 Å². The van der Waals surface area contributed by atoms with Gasteiger partial charge in [0.15, 0.2) is 0 Å². The third-order valence-electron chi connectivity index (χ3n) is 3.50. The maximum atomic E-state index is 10.8. The van der Waals surface area contributed by atoms with Gasteiger partial charge in [0.05, 0.1) is 25.2 Å². The summed E-state index contributed by atoms with van der Waals surface area (Å²) in [6.07, 6.45) is 1.74. The number of nitrogens with zero attached hydrogens (tertiary/aromatic N) is 2. The minimum atomic E-state index is -0.370. The van der Waals surface area contributed by atoms with E-state index in [9.17, 15) is 10.1 Å². The van der Waals surface area contributed by atoms with Crippen molar-refractivity contribution in [1.29, 1.82) is 0 Å². The van der Waals surface area contributed by atoms with E-state index in [-0.39, 0.29) is 10.6 Å². The Balaban J connectivity index is 1.93. The molecule has 1 heterocycles. The summed E-state index contributed by atoms with van der Waals surface area (Å²) < 4.78 is 10.6. The standard InChI is InChI=1S/C14H20N2O4/c1-19-14-5-4-13(16(17)18)11-12(14)3-2-6-15-7-9-20-10-8-15/h4-5,11H,2-3,6-10H2,1H3. The maximum absolute atomic E-state index is 10.8. The first kappa shape index (κ1) is 14.7. The van der Waals surface area contributed by atoms with Crippen LogP contribution < -0.4 is 4.74 Å². The first-order valence-electron chi connectivity index (χ1n) is 6.82. The van der Waals surface area contributed by atoms with Crippen LogP contribution in [0.5, 0.6) is 5.75 Å². The van der Waals surface area contributed by atoms with Gasteiger partial charge in [-0.25, -0.2) is 0 Å². The van der Waals surface area contributed by atoms with Crippen LogP contribution in [0.25, 0.3) is 0 Å². The molecule has 0 N–H and O–H groups in total. The number of benzene rings is 1. The van der Waals surface area contributed by atoms with Crippen LogP contribution in [0.1, 0.15) is 12.0 Å². The van der Waals surface area contributed by atoms with E-state index in [2.05, 4.69) is 4.90 Å². The van der Waals surface area contributed by atoms with E-state index in [0.29, 0.717) is 0 Å². The van der Waals surface area contributed by atoms with Gasteiger partial charge < -0.3 is 9.47 Å². The van der Waals surface area contributed by atoms with Crippen LogP contribution in [0.3, 0.4) is 0 Å². The van der Waals surface area contributed by atoms with E-state index in [1.807, 2.05) is 0 Å². The first-order valence-corrected chi connectivity index (χ1v) is 6.82. The Bertz CT molecular complexity index is 458. The normalized spacial score (nSPS) is 16.1. The first-order chi connectivity index (χ1) is 9.70. The van der Waals surface area contributed by atoms with E-state index < -0.39 is 0 Å². The summed E-state index contributed by atoms with van der Waals surface area (Å²) in [6, 6.07) is 4.75. The van der Waals surface area contributed by atoms with Crippen LogP contribution in [0, 0.1) is 10.1 Å². The third kappa shape index (κ3) is 3.91. The van der Waals surface area contributed by atoms with Crippen molar-refractivity contribution in [1.82, 2.24) is 4.90 Å². The molecule has 1 aliphatic rings. The van der Waals surface area contributed by atoms with Crippen molar-refractivity contribution in [2.75, 3.05) is 40.0 Å². The van der Waals surface area contributed by atoms with Crippen LogP contribution in [0.4, 0.5) is 5.69 Å². The van der Waals surface area contributed by atoms with Gasteiger partial charge in [-0.15, -0.1) is 0 Å². The van der Waals surface area contributed by atoms with Crippen molar-refractivity contribution < 1.29 is 14.4 Å². The average molecular weight is 280 g/mol. The van der Waals surface area contributed by atoms with Gasteiger partial charge in [-0.05, 0) is 25.5 Å². The number of morpholine rings is 1. The van der Waals surface area contributed by atoms with Gasteiger partial charge in [0.1, 0.15) is 5.75 Å². The lowest BCUT2D eigenvalue weighted by molar-refractivity contribution is -0.384. The van der Waals surface area contributed by atoms with Gasteiger partial charge in [-0.2, -0.15) is 0 Å². The van der Waals surface area contributed by atoms with Gasteiger partial charge in [0, 0.05) is 30.8 Å². The second kappa shape index (κ2) is 7.21. The van der Waals surface area contributed by atoms with E-state index in [0.717, 1.165) is 57.0 Å². The molecule has 0 atom stereocenters. The summed E-state index contributed by atoms with van der Waals surface area (Å²) in [7, 11) is 1.59. The number of aryl methyl sites for hydroxylation is 1. The van der Waals surface area contributed by atoms with E-state index in [1.54, 1.807) is 19.2 Å². The summed E-state index contributed by atoms with van der Waals surface area (Å²) in [4.78, 5) is 12.8. The molecular weight excluding hydrogens is 260 g/mol. The lowest BCUT2D eigenvalue weighted by Crippen LogP contribution is -2.36. The summed E-state index contributed by atoms with van der Waals surface area (Å²) in [6.45, 7) is 4.49. The zero-order chi connectivity index (χ0) is 14.4. The largest absolute Gasteiger partial charge is 0.496 e. The van der Waals surface area contributed by atoms with Crippen molar-refractivity contribution in [3.05, 3.63) is 33.9 Å². The molecule has 110 valence electrons. The topological polar surface area (TPSA) is 64.8 Å². The molecular formula is C14H20N2O4. The van der Waals surface area contributed by atoms with Crippen molar-refractivity contribution in [2.24, 2.45) is 0 Å². The van der Waals surface area contributed by atoms with Crippen molar-refractivity contribution in [2.45, 2.75) is 12.8 Å². The number of non-ortho nitro benzene ring substituents is 1. The molecule has 0 amide bonds. The molecule has 1 saturated heterocycles. The lowest BCUT2D eigenvalue weighted by atomic mass is 10.1. The number of hydrogen-bond donors (Lipinski definition) is 0. The van der Waals surface area contributed by atoms with Gasteiger partial charge in [-0.3, -0.25) is 15.0 Å². The van der Waals surface area contributed by atoms with Crippen molar-refractivity contribution >= 4 is 5.69 Å². The lowest BCUT2D eigenvalue weighted by Gasteiger charge is -2.26. The predicted octanol–water partition coefficient (Wildman–Crippen LogP) is 1.87. The molecule has 1 aromatic carbocycles. The molecule has 0 spiro atoms. The summed E-state index contributed by atoms with van der Waals surface area (Å²) >= 11 is 0. The highest BCUT2D eigenvalue weighted by Gasteiger charge is 2.13. The molecule has 0 unspecified atom stereocenters. The summed E-state index contributed by atoms with van der Waals surface area (Å²) in [5, 5.41) is 10.8. The second-order valence-electron chi connectivity index (χ2n) is 4.81. The molecule has 0 radical (unpaired) electrons. The fourth-order valence-electron chi connectivity index (χ4n) is 2.39. The molecule has 6 nitrogen and oxygen atoms in total. The highest BCUT2D eigenvalue weighted by Crippen LogP contribution is 2.25. The van der Waals surface area contributed by atoms with Gasteiger partial charge in [0.2, 0.25) is 0 Å². The highest BCUT2D eigenvalue weighted by molar-refractivity contribution is 5.43. The smallest absolute Gasteiger partial charge is 0.269 e. The number of nitro groups is 1. The fraction of sp³-hybridized carbons (Fsp3) is 0.571. The van der Waals surface area contributed by atoms with Crippen LogP contribution in [-0.2, 0) is 11.2 Å². The number of nitro benzene ring substituents is 1. The predicted molar refractivity (Wildman–Crippen MR) is 75.2 cm³/mol. The van der Waals surface area contributed by atoms with Crippen molar-refractivity contribution in [3.8, 4) is 5.75 Å². The zero-order valence-corrected chi connectivity index (χ0v) is 11.7. The van der Waals surface area contributed by atoms with Crippen LogP contribution in [0.2, 0.25) is 0 Å². The highest BCUT2D eigenvalue weighted by atomic mass is 16.6. The molecule has 0 aliphatic carbocycles. The summed E-state index contributed by atoms with van der Waals surface area (Å²) in [5.74, 6) is 0.720. The third-order valence-corrected chi connectivity index (χ3v) is 3.50. The molecule has 1 aromatic rings. The Kier molecular flexibility index (Phi) is 5.31. The Labute approximate surface area is 118 Å². The fourth-order valence-corrected chi connectivity index (χ4v) is 2.39. The molecule has 1 fully saturated rings. The second-order valence-corrected chi connectivity index (χ2v) is 4.81. The van der Waals surface area contributed by atoms with E-state index in [4.69, 9.17) is 9.47 Å². The Morgan fingerprint density at radius 2 is 2.15 bits per heavy atom.